The van der Waals surface area contributed by atoms with Gasteiger partial charge in [0.2, 0.25) is 0 Å². The molecule has 0 fully saturated rings. The Bertz CT molecular complexity index is 326. The van der Waals surface area contributed by atoms with Crippen molar-refractivity contribution in [3.8, 4) is 0 Å². The number of aliphatic hydroxyl groups excluding tert-OH is 2. The van der Waals surface area contributed by atoms with Crippen molar-refractivity contribution in [3.05, 3.63) is 35.9 Å². The summed E-state index contributed by atoms with van der Waals surface area (Å²) in [5.74, 6) is -0.151. The molecule has 1 rings (SSSR count). The minimum Gasteiger partial charge on any atom is -0.393 e. The van der Waals surface area contributed by atoms with Crippen LogP contribution in [0.5, 0.6) is 0 Å². The van der Waals surface area contributed by atoms with Gasteiger partial charge in [0.1, 0.15) is 0 Å². The van der Waals surface area contributed by atoms with Crippen LogP contribution < -0.4 is 0 Å². The molecule has 108 valence electrons. The van der Waals surface area contributed by atoms with E-state index < -0.39 is 12.2 Å². The molecule has 0 radical (unpaired) electrons. The quantitative estimate of drug-likeness (QED) is 0.722. The summed E-state index contributed by atoms with van der Waals surface area (Å²) in [6, 6.07) is 9.88. The lowest BCUT2D eigenvalue weighted by molar-refractivity contribution is -0.0376. The molecule has 1 aromatic rings. The first-order valence-electron chi connectivity index (χ1n) is 7.13. The number of hydrogen-bond donors (Lipinski definition) is 2. The Morgan fingerprint density at radius 1 is 1.11 bits per heavy atom. The van der Waals surface area contributed by atoms with Gasteiger partial charge in [-0.25, -0.2) is 0 Å². The van der Waals surface area contributed by atoms with Crippen LogP contribution in [0.1, 0.15) is 38.7 Å². The summed E-state index contributed by atoms with van der Waals surface area (Å²) in [5.41, 5.74) is 1.09. The summed E-state index contributed by atoms with van der Waals surface area (Å²) < 4.78 is 5.50. The first kappa shape index (κ1) is 16.2. The van der Waals surface area contributed by atoms with Gasteiger partial charge in [-0.2, -0.15) is 0 Å². The third kappa shape index (κ3) is 6.19. The molecule has 0 aliphatic carbocycles. The molecule has 0 aliphatic heterocycles. The highest BCUT2D eigenvalue weighted by molar-refractivity contribution is 5.13. The van der Waals surface area contributed by atoms with Crippen LogP contribution in [0.25, 0.3) is 0 Å². The fraction of sp³-hybridized carbons (Fsp3) is 0.625. The third-order valence-corrected chi connectivity index (χ3v) is 3.47. The van der Waals surface area contributed by atoms with Crippen molar-refractivity contribution in [1.82, 2.24) is 0 Å². The van der Waals surface area contributed by atoms with Gasteiger partial charge in [-0.15, -0.1) is 0 Å². The van der Waals surface area contributed by atoms with E-state index in [4.69, 9.17) is 4.74 Å². The van der Waals surface area contributed by atoms with Crippen LogP contribution >= 0.6 is 0 Å². The molecule has 0 saturated carbocycles. The molecule has 3 heteroatoms. The van der Waals surface area contributed by atoms with E-state index in [2.05, 4.69) is 6.92 Å². The first-order chi connectivity index (χ1) is 9.15. The molecular formula is C16H26O3. The molecular weight excluding hydrogens is 240 g/mol. The predicted molar refractivity (Wildman–Crippen MR) is 76.8 cm³/mol. The maximum atomic E-state index is 9.98. The molecule has 0 amide bonds. The highest BCUT2D eigenvalue weighted by atomic mass is 16.5. The second kappa shape index (κ2) is 9.08. The van der Waals surface area contributed by atoms with Crippen LogP contribution in [0.2, 0.25) is 0 Å². The molecule has 0 aliphatic rings. The Kier molecular flexibility index (Phi) is 7.72. The van der Waals surface area contributed by atoms with Gasteiger partial charge in [-0.05, 0) is 12.0 Å². The molecule has 0 unspecified atom stereocenters. The Labute approximate surface area is 116 Å². The maximum absolute atomic E-state index is 9.98. The Morgan fingerprint density at radius 3 is 2.42 bits per heavy atom. The highest BCUT2D eigenvalue weighted by Gasteiger charge is 2.22. The average molecular weight is 266 g/mol. The Morgan fingerprint density at radius 2 is 1.79 bits per heavy atom. The van der Waals surface area contributed by atoms with E-state index in [1.165, 1.54) is 0 Å². The molecule has 3 nitrogen and oxygen atoms in total. The normalized spacial score (nSPS) is 16.0. The van der Waals surface area contributed by atoms with E-state index in [0.717, 1.165) is 24.8 Å². The monoisotopic (exact) mass is 266 g/mol. The van der Waals surface area contributed by atoms with E-state index in [0.29, 0.717) is 6.61 Å². The minimum absolute atomic E-state index is 0.151. The zero-order valence-corrected chi connectivity index (χ0v) is 12.0. The topological polar surface area (TPSA) is 49.7 Å². The van der Waals surface area contributed by atoms with Crippen molar-refractivity contribution in [1.29, 1.82) is 0 Å². The second-order valence-electron chi connectivity index (χ2n) is 5.14. The van der Waals surface area contributed by atoms with E-state index in [1.807, 2.05) is 37.3 Å². The van der Waals surface area contributed by atoms with E-state index in [-0.39, 0.29) is 12.5 Å². The van der Waals surface area contributed by atoms with E-state index in [1.54, 1.807) is 0 Å². The molecule has 0 bridgehead atoms. The van der Waals surface area contributed by atoms with Gasteiger partial charge < -0.3 is 14.9 Å². The van der Waals surface area contributed by atoms with Gasteiger partial charge in [0.25, 0.3) is 0 Å². The molecule has 0 spiro atoms. The van der Waals surface area contributed by atoms with Crippen molar-refractivity contribution in [2.75, 3.05) is 6.61 Å². The van der Waals surface area contributed by atoms with Gasteiger partial charge in [0.15, 0.2) is 0 Å². The van der Waals surface area contributed by atoms with Crippen molar-refractivity contribution >= 4 is 0 Å². The standard InChI is InChI=1S/C16H26O3/c1-3-4-10-15(17)13(2)16(18)12-19-11-14-8-6-5-7-9-14/h5-9,13,15-18H,3-4,10-12H2,1-2H3/t13-,15+,16-/m0/s1. The average Bonchev–Trinajstić information content (AvgIpc) is 2.44. The number of hydrogen-bond acceptors (Lipinski definition) is 3. The smallest absolute Gasteiger partial charge is 0.0823 e. The lowest BCUT2D eigenvalue weighted by Gasteiger charge is -2.24. The molecule has 0 aromatic heterocycles. The zero-order chi connectivity index (χ0) is 14.1. The van der Waals surface area contributed by atoms with E-state index in [9.17, 15) is 10.2 Å². The van der Waals surface area contributed by atoms with Crippen LogP contribution in [0, 0.1) is 5.92 Å². The van der Waals surface area contributed by atoms with Gasteiger partial charge in [0.05, 0.1) is 25.4 Å². The lowest BCUT2D eigenvalue weighted by Crippen LogP contribution is -2.32. The largest absolute Gasteiger partial charge is 0.393 e. The van der Waals surface area contributed by atoms with Crippen molar-refractivity contribution in [2.45, 2.75) is 51.9 Å². The van der Waals surface area contributed by atoms with Crippen LogP contribution in [0.3, 0.4) is 0 Å². The summed E-state index contributed by atoms with van der Waals surface area (Å²) in [5, 5.41) is 19.9. The predicted octanol–water partition coefficient (Wildman–Crippen LogP) is 2.75. The first-order valence-corrected chi connectivity index (χ1v) is 7.13. The highest BCUT2D eigenvalue weighted by Crippen LogP contribution is 2.15. The second-order valence-corrected chi connectivity index (χ2v) is 5.14. The summed E-state index contributed by atoms with van der Waals surface area (Å²) in [7, 11) is 0. The van der Waals surface area contributed by atoms with Crippen molar-refractivity contribution < 1.29 is 14.9 Å². The number of rotatable bonds is 9. The maximum Gasteiger partial charge on any atom is 0.0823 e. The SMILES string of the molecule is CCCC[C@@H](O)[C@H](C)[C@@H](O)COCc1ccccc1. The molecule has 2 N–H and O–H groups in total. The molecule has 1 aromatic carbocycles. The van der Waals surface area contributed by atoms with Crippen molar-refractivity contribution in [3.63, 3.8) is 0 Å². The minimum atomic E-state index is -0.615. The van der Waals surface area contributed by atoms with Gasteiger partial charge >= 0.3 is 0 Å². The lowest BCUT2D eigenvalue weighted by atomic mass is 9.94. The summed E-state index contributed by atoms with van der Waals surface area (Å²) in [6.45, 7) is 4.72. The van der Waals surface area contributed by atoms with Gasteiger partial charge in [0, 0.05) is 5.92 Å². The third-order valence-electron chi connectivity index (χ3n) is 3.47. The van der Waals surface area contributed by atoms with Crippen LogP contribution in [-0.4, -0.2) is 29.0 Å². The van der Waals surface area contributed by atoms with Crippen molar-refractivity contribution in [2.24, 2.45) is 5.92 Å². The number of unbranched alkanes of at least 4 members (excludes halogenated alkanes) is 1. The number of aliphatic hydroxyl groups is 2. The van der Waals surface area contributed by atoms with Gasteiger partial charge in [-0.3, -0.25) is 0 Å². The molecule has 0 saturated heterocycles. The van der Waals surface area contributed by atoms with Crippen LogP contribution in [0.4, 0.5) is 0 Å². The number of ether oxygens (including phenoxy) is 1. The summed E-state index contributed by atoms with van der Waals surface area (Å²) in [6.07, 6.45) is 1.73. The molecule has 19 heavy (non-hydrogen) atoms. The van der Waals surface area contributed by atoms with Crippen LogP contribution in [0.15, 0.2) is 30.3 Å². The summed E-state index contributed by atoms with van der Waals surface area (Å²) in [4.78, 5) is 0. The fourth-order valence-corrected chi connectivity index (χ4v) is 1.96. The zero-order valence-electron chi connectivity index (χ0n) is 12.0. The number of benzene rings is 1. The molecule has 3 atom stereocenters. The van der Waals surface area contributed by atoms with E-state index >= 15 is 0 Å². The Hall–Kier alpha value is -0.900. The fourth-order valence-electron chi connectivity index (χ4n) is 1.96. The summed E-state index contributed by atoms with van der Waals surface area (Å²) >= 11 is 0. The van der Waals surface area contributed by atoms with Gasteiger partial charge in [-0.1, -0.05) is 57.0 Å². The van der Waals surface area contributed by atoms with Crippen LogP contribution in [-0.2, 0) is 11.3 Å². The molecule has 0 heterocycles. The Balaban J connectivity index is 2.24.